The normalized spacial score (nSPS) is 12.7. The van der Waals surface area contributed by atoms with Gasteiger partial charge in [-0.1, -0.05) is 182 Å². The molecule has 0 spiro atoms. The molecule has 0 aliphatic heterocycles. The van der Waals surface area contributed by atoms with E-state index in [2.05, 4.69) is 234 Å². The molecule has 0 bridgehead atoms. The van der Waals surface area contributed by atoms with Gasteiger partial charge < -0.3 is 9.88 Å². The van der Waals surface area contributed by atoms with Crippen LogP contribution in [0.5, 0.6) is 0 Å². The number of hydrogen-bond donors (Lipinski definition) is 1. The van der Waals surface area contributed by atoms with Crippen LogP contribution in [0.3, 0.4) is 0 Å². The first kappa shape index (κ1) is 33.0. The minimum Gasteiger partial charge on any atom is -0.355 e. The molecule has 1 aliphatic carbocycles. The van der Waals surface area contributed by atoms with Crippen molar-refractivity contribution in [2.75, 3.05) is 5.32 Å². The van der Waals surface area contributed by atoms with Gasteiger partial charge in [0.25, 0.3) is 0 Å². The van der Waals surface area contributed by atoms with Crippen LogP contribution in [-0.4, -0.2) is 4.57 Å². The van der Waals surface area contributed by atoms with Gasteiger partial charge in [0.05, 0.1) is 16.4 Å². The van der Waals surface area contributed by atoms with Crippen LogP contribution in [0.15, 0.2) is 224 Å². The summed E-state index contributed by atoms with van der Waals surface area (Å²) in [5, 5.41) is 6.27. The molecule has 9 aromatic carbocycles. The smallest absolute Gasteiger partial charge is 0.0719 e. The Hall–Kier alpha value is -7.42. The largest absolute Gasteiger partial charge is 0.355 e. The quantitative estimate of drug-likeness (QED) is 0.173. The van der Waals surface area contributed by atoms with Crippen LogP contribution in [-0.2, 0) is 5.41 Å². The maximum absolute atomic E-state index is 3.85. The Morgan fingerprint density at radius 1 is 0.351 bits per heavy atom. The van der Waals surface area contributed by atoms with E-state index in [0.29, 0.717) is 0 Å². The summed E-state index contributed by atoms with van der Waals surface area (Å²) >= 11 is 0. The van der Waals surface area contributed by atoms with Crippen molar-refractivity contribution in [3.05, 3.63) is 247 Å². The minimum atomic E-state index is -0.558. The van der Waals surface area contributed by atoms with Gasteiger partial charge >= 0.3 is 0 Å². The van der Waals surface area contributed by atoms with Gasteiger partial charge in [0.1, 0.15) is 0 Å². The van der Waals surface area contributed by atoms with Crippen molar-refractivity contribution in [1.82, 2.24) is 4.57 Å². The molecule has 11 rings (SSSR count). The SMILES string of the molecule is c1ccc(-c2ccc(Nc3cc(-c4ccccc4C4(c5ccccc5)c5ccccc5-c5ccccc54)c4c(c3)c3ccccc3n4-c3ccccc3)cc2)cc1. The molecule has 2 nitrogen and oxygen atoms in total. The van der Waals surface area contributed by atoms with Crippen molar-refractivity contribution in [2.45, 2.75) is 5.41 Å². The van der Waals surface area contributed by atoms with Gasteiger partial charge in [0, 0.05) is 33.4 Å². The van der Waals surface area contributed by atoms with Crippen LogP contribution in [0, 0.1) is 0 Å². The number of benzene rings is 9. The van der Waals surface area contributed by atoms with E-state index >= 15 is 0 Å². The molecule has 1 aromatic heterocycles. The van der Waals surface area contributed by atoms with E-state index in [4.69, 9.17) is 0 Å². The number of nitrogens with zero attached hydrogens (tertiary/aromatic N) is 1. The van der Waals surface area contributed by atoms with Crippen LogP contribution in [0.2, 0.25) is 0 Å². The highest BCUT2D eigenvalue weighted by Crippen LogP contribution is 2.58. The van der Waals surface area contributed by atoms with Crippen molar-refractivity contribution >= 4 is 33.2 Å². The zero-order valence-corrected chi connectivity index (χ0v) is 31.3. The maximum Gasteiger partial charge on any atom is 0.0719 e. The number of hydrogen-bond acceptors (Lipinski definition) is 1. The Morgan fingerprint density at radius 3 is 1.47 bits per heavy atom. The fraction of sp³-hybridized carbons (Fsp3) is 0.0182. The first-order valence-corrected chi connectivity index (χ1v) is 19.7. The zero-order valence-electron chi connectivity index (χ0n) is 31.3. The Morgan fingerprint density at radius 2 is 0.842 bits per heavy atom. The summed E-state index contributed by atoms with van der Waals surface area (Å²) in [6.45, 7) is 0. The molecule has 10 aromatic rings. The van der Waals surface area contributed by atoms with Gasteiger partial charge in [-0.05, 0) is 92.5 Å². The van der Waals surface area contributed by atoms with Gasteiger partial charge in [0.15, 0.2) is 0 Å². The average Bonchev–Trinajstić information content (AvgIpc) is 3.78. The maximum atomic E-state index is 3.85. The van der Waals surface area contributed by atoms with Gasteiger partial charge in [0.2, 0.25) is 0 Å². The number of anilines is 2. The second-order valence-electron chi connectivity index (χ2n) is 14.9. The number of fused-ring (bicyclic) bond motifs is 6. The van der Waals surface area contributed by atoms with Crippen molar-refractivity contribution in [3.8, 4) is 39.1 Å². The third-order valence-electron chi connectivity index (χ3n) is 11.8. The molecule has 1 heterocycles. The van der Waals surface area contributed by atoms with Crippen LogP contribution >= 0.6 is 0 Å². The van der Waals surface area contributed by atoms with Gasteiger partial charge in [-0.2, -0.15) is 0 Å². The Bertz CT molecular complexity index is 3020. The average molecular weight is 727 g/mol. The first-order chi connectivity index (χ1) is 28.3. The molecular formula is C55H38N2. The third-order valence-corrected chi connectivity index (χ3v) is 11.8. The summed E-state index contributed by atoms with van der Waals surface area (Å²) in [7, 11) is 0. The highest BCUT2D eigenvalue weighted by atomic mass is 15.0. The lowest BCUT2D eigenvalue weighted by Crippen LogP contribution is -2.29. The number of aromatic nitrogens is 1. The molecule has 2 heteroatoms. The number of rotatable bonds is 7. The van der Waals surface area contributed by atoms with E-state index in [9.17, 15) is 0 Å². The van der Waals surface area contributed by atoms with Crippen LogP contribution < -0.4 is 5.32 Å². The Balaban J connectivity index is 1.22. The fourth-order valence-electron chi connectivity index (χ4n) is 9.49. The van der Waals surface area contributed by atoms with Gasteiger partial charge in [-0.3, -0.25) is 0 Å². The molecule has 0 amide bonds. The molecule has 0 unspecified atom stereocenters. The molecule has 268 valence electrons. The molecule has 0 radical (unpaired) electrons. The lowest BCUT2D eigenvalue weighted by atomic mass is 9.66. The van der Waals surface area contributed by atoms with Crippen LogP contribution in [0.1, 0.15) is 22.3 Å². The third kappa shape index (κ3) is 5.18. The lowest BCUT2D eigenvalue weighted by Gasteiger charge is -2.35. The van der Waals surface area contributed by atoms with Crippen LogP contribution in [0.4, 0.5) is 11.4 Å². The van der Waals surface area contributed by atoms with E-state index in [-0.39, 0.29) is 0 Å². The highest BCUT2D eigenvalue weighted by Gasteiger charge is 2.47. The standard InChI is InChI=1S/C55H38N2/c1-4-18-38(19-5-1)39-32-34-41(35-33-39)56-42-36-48(54-49(37-42)47-27-13-17-31-53(47)57(54)43-22-8-3-9-23-43)46-26-12-16-30-52(46)55(40-20-6-2-7-21-40)50-28-14-10-24-44(50)45-25-11-15-29-51(45)55/h1-37,56H. The van der Waals surface area contributed by atoms with Gasteiger partial charge in [-0.25, -0.2) is 0 Å². The molecule has 0 saturated heterocycles. The van der Waals surface area contributed by atoms with E-state index in [1.165, 1.54) is 77.4 Å². The summed E-state index contributed by atoms with van der Waals surface area (Å²) in [4.78, 5) is 0. The van der Waals surface area contributed by atoms with Crippen molar-refractivity contribution in [1.29, 1.82) is 0 Å². The van der Waals surface area contributed by atoms with E-state index in [1.807, 2.05) is 0 Å². The fourth-order valence-corrected chi connectivity index (χ4v) is 9.49. The minimum absolute atomic E-state index is 0.558. The van der Waals surface area contributed by atoms with Gasteiger partial charge in [-0.15, -0.1) is 0 Å². The predicted octanol–water partition coefficient (Wildman–Crippen LogP) is 14.2. The summed E-state index contributed by atoms with van der Waals surface area (Å²) in [5.74, 6) is 0. The lowest BCUT2D eigenvalue weighted by molar-refractivity contribution is 0.770. The first-order valence-electron chi connectivity index (χ1n) is 19.7. The summed E-state index contributed by atoms with van der Waals surface area (Å²) in [6, 6.07) is 81.9. The van der Waals surface area contributed by atoms with Crippen molar-refractivity contribution in [3.63, 3.8) is 0 Å². The molecule has 1 aliphatic rings. The van der Waals surface area contributed by atoms with E-state index < -0.39 is 5.41 Å². The molecule has 0 saturated carbocycles. The second kappa shape index (κ2) is 13.4. The predicted molar refractivity (Wildman–Crippen MR) is 239 cm³/mol. The van der Waals surface area contributed by atoms with Crippen molar-refractivity contribution < 1.29 is 0 Å². The summed E-state index contributed by atoms with van der Waals surface area (Å²) < 4.78 is 2.46. The molecule has 0 fully saturated rings. The summed E-state index contributed by atoms with van der Waals surface area (Å²) in [6.07, 6.45) is 0. The molecule has 1 N–H and O–H groups in total. The van der Waals surface area contributed by atoms with E-state index in [1.54, 1.807) is 0 Å². The highest BCUT2D eigenvalue weighted by molar-refractivity contribution is 6.15. The number of para-hydroxylation sites is 2. The molecule has 57 heavy (non-hydrogen) atoms. The second-order valence-corrected chi connectivity index (χ2v) is 14.9. The zero-order chi connectivity index (χ0) is 37.8. The van der Waals surface area contributed by atoms with Crippen LogP contribution in [0.25, 0.3) is 60.9 Å². The number of nitrogens with one attached hydrogen (secondary N) is 1. The summed E-state index contributed by atoms with van der Waals surface area (Å²) in [5.41, 5.74) is 17.5. The Kier molecular flexibility index (Phi) is 7.75. The van der Waals surface area contributed by atoms with Crippen molar-refractivity contribution in [2.24, 2.45) is 0 Å². The van der Waals surface area contributed by atoms with E-state index in [0.717, 1.165) is 17.1 Å². The molecular weight excluding hydrogens is 689 g/mol. The molecule has 0 atom stereocenters. The topological polar surface area (TPSA) is 17.0 Å². The monoisotopic (exact) mass is 726 g/mol. The Labute approximate surface area is 333 Å².